The van der Waals surface area contributed by atoms with Crippen LogP contribution in [0.15, 0.2) is 35.3 Å². The maximum absolute atomic E-state index is 9.05. The summed E-state index contributed by atoms with van der Waals surface area (Å²) < 4.78 is 2.16. The lowest BCUT2D eigenvalue weighted by molar-refractivity contribution is 0.475. The third-order valence-corrected chi connectivity index (χ3v) is 1.94. The van der Waals surface area contributed by atoms with Gasteiger partial charge in [-0.3, -0.25) is 0 Å². The topological polar surface area (TPSA) is 50.9 Å². The molecule has 0 fully saturated rings. The van der Waals surface area contributed by atoms with Crippen molar-refractivity contribution < 1.29 is 5.11 Å². The molecule has 0 saturated heterocycles. The number of aromatic nitrogens is 3. The van der Waals surface area contributed by atoms with Crippen LogP contribution in [0.2, 0.25) is 0 Å². The summed E-state index contributed by atoms with van der Waals surface area (Å²) in [5.41, 5.74) is 0.857. The molecule has 0 aliphatic rings. The van der Waals surface area contributed by atoms with Gasteiger partial charge in [-0.2, -0.15) is 0 Å². The Bertz CT molecular complexity index is 410. The van der Waals surface area contributed by atoms with Gasteiger partial charge in [0.05, 0.1) is 5.69 Å². The summed E-state index contributed by atoms with van der Waals surface area (Å²) >= 11 is 3.15. The number of benzene rings is 1. The highest BCUT2D eigenvalue weighted by molar-refractivity contribution is 9.10. The zero-order valence-corrected chi connectivity index (χ0v) is 8.14. The third-order valence-electron chi connectivity index (χ3n) is 1.58. The summed E-state index contributed by atoms with van der Waals surface area (Å²) in [7, 11) is 0. The van der Waals surface area contributed by atoms with E-state index in [-0.39, 0.29) is 5.75 Å². The highest BCUT2D eigenvalue weighted by Gasteiger charge is 1.98. The van der Waals surface area contributed by atoms with Crippen LogP contribution in [0, 0.1) is 0 Å². The average Bonchev–Trinajstić information content (AvgIpc) is 2.53. The highest BCUT2D eigenvalue weighted by Crippen LogP contribution is 2.13. The number of phenols is 1. The molecule has 1 aromatic carbocycles. The second-order valence-electron chi connectivity index (χ2n) is 2.47. The van der Waals surface area contributed by atoms with Crippen LogP contribution in [0.4, 0.5) is 0 Å². The normalized spacial score (nSPS) is 10.2. The van der Waals surface area contributed by atoms with Crippen molar-refractivity contribution in [2.45, 2.75) is 0 Å². The number of hydrogen-bond acceptors (Lipinski definition) is 3. The summed E-state index contributed by atoms with van der Waals surface area (Å²) in [5, 5.41) is 13.1. The van der Waals surface area contributed by atoms with E-state index in [9.17, 15) is 0 Å². The average molecular weight is 240 g/mol. The fourth-order valence-corrected chi connectivity index (χ4v) is 1.24. The zero-order valence-electron chi connectivity index (χ0n) is 6.55. The molecule has 66 valence electrons. The minimum atomic E-state index is 0.239. The maximum atomic E-state index is 9.05. The first-order chi connectivity index (χ1) is 6.25. The smallest absolute Gasteiger partial charge is 0.217 e. The Hall–Kier alpha value is -1.36. The Morgan fingerprint density at radius 2 is 1.92 bits per heavy atom. The van der Waals surface area contributed by atoms with Gasteiger partial charge in [-0.15, -0.1) is 5.10 Å². The lowest BCUT2D eigenvalue weighted by Gasteiger charge is -1.98. The fourth-order valence-electron chi connectivity index (χ4n) is 0.973. The van der Waals surface area contributed by atoms with Gasteiger partial charge in [-0.05, 0) is 40.2 Å². The molecule has 0 aliphatic heterocycles. The van der Waals surface area contributed by atoms with E-state index >= 15 is 0 Å². The first-order valence-electron chi connectivity index (χ1n) is 3.62. The van der Waals surface area contributed by atoms with E-state index in [1.165, 1.54) is 0 Å². The highest BCUT2D eigenvalue weighted by atomic mass is 79.9. The number of rotatable bonds is 1. The molecule has 2 aromatic rings. The van der Waals surface area contributed by atoms with Gasteiger partial charge in [0.15, 0.2) is 0 Å². The first kappa shape index (κ1) is 8.25. The summed E-state index contributed by atoms with van der Waals surface area (Å²) in [4.78, 5) is 3.92. The monoisotopic (exact) mass is 239 g/mol. The Morgan fingerprint density at radius 3 is 2.46 bits per heavy atom. The van der Waals surface area contributed by atoms with Crippen molar-refractivity contribution in [2.75, 3.05) is 0 Å². The van der Waals surface area contributed by atoms with E-state index in [0.29, 0.717) is 4.73 Å². The molecule has 0 aliphatic carbocycles. The Balaban J connectivity index is 2.41. The van der Waals surface area contributed by atoms with Gasteiger partial charge >= 0.3 is 0 Å². The summed E-state index contributed by atoms with van der Waals surface area (Å²) in [6, 6.07) is 6.72. The summed E-state index contributed by atoms with van der Waals surface area (Å²) in [6.45, 7) is 0. The van der Waals surface area contributed by atoms with Crippen molar-refractivity contribution in [2.24, 2.45) is 0 Å². The molecular formula is C8H6BrN3O. The molecule has 13 heavy (non-hydrogen) atoms. The molecule has 2 rings (SSSR count). The molecule has 0 amide bonds. The quantitative estimate of drug-likeness (QED) is 0.825. The van der Waals surface area contributed by atoms with E-state index in [1.807, 2.05) is 0 Å². The van der Waals surface area contributed by atoms with Gasteiger partial charge in [0, 0.05) is 0 Å². The molecule has 0 atom stereocenters. The minimum absolute atomic E-state index is 0.239. The van der Waals surface area contributed by atoms with E-state index in [2.05, 4.69) is 26.0 Å². The second-order valence-corrected chi connectivity index (χ2v) is 3.18. The number of nitrogens with zero attached hydrogens (tertiary/aromatic N) is 3. The van der Waals surface area contributed by atoms with Crippen molar-refractivity contribution in [1.29, 1.82) is 0 Å². The second kappa shape index (κ2) is 3.18. The van der Waals surface area contributed by atoms with Crippen LogP contribution in [0.25, 0.3) is 5.69 Å². The molecule has 1 N–H and O–H groups in total. The lowest BCUT2D eigenvalue weighted by Crippen LogP contribution is -1.93. The van der Waals surface area contributed by atoms with Crippen LogP contribution in [0.1, 0.15) is 0 Å². The molecule has 0 spiro atoms. The van der Waals surface area contributed by atoms with E-state index < -0.39 is 0 Å². The molecule has 0 bridgehead atoms. The summed E-state index contributed by atoms with van der Waals surface area (Å²) in [6.07, 6.45) is 1.59. The molecule has 5 heteroatoms. The predicted molar refractivity (Wildman–Crippen MR) is 50.7 cm³/mol. The molecule has 0 saturated carbocycles. The van der Waals surface area contributed by atoms with E-state index in [4.69, 9.17) is 5.11 Å². The molecule has 4 nitrogen and oxygen atoms in total. The summed E-state index contributed by atoms with van der Waals surface area (Å²) in [5.74, 6) is 0.239. The van der Waals surface area contributed by atoms with Crippen molar-refractivity contribution in [3.63, 3.8) is 0 Å². The molecule has 1 aromatic heterocycles. The largest absolute Gasteiger partial charge is 0.508 e. The van der Waals surface area contributed by atoms with E-state index in [1.54, 1.807) is 35.3 Å². The van der Waals surface area contributed by atoms with Crippen LogP contribution in [0.3, 0.4) is 0 Å². The van der Waals surface area contributed by atoms with Gasteiger partial charge < -0.3 is 5.11 Å². The van der Waals surface area contributed by atoms with Crippen LogP contribution in [-0.4, -0.2) is 19.9 Å². The molecule has 0 unspecified atom stereocenters. The number of phenolic OH excluding ortho intramolecular Hbond substituents is 1. The number of hydrogen-bond donors (Lipinski definition) is 1. The molecule has 0 radical (unpaired) electrons. The van der Waals surface area contributed by atoms with Crippen LogP contribution >= 0.6 is 15.9 Å². The van der Waals surface area contributed by atoms with Crippen LogP contribution in [-0.2, 0) is 0 Å². The standard InChI is InChI=1S/C8H6BrN3O/c9-8-10-5-12(11-8)6-1-3-7(13)4-2-6/h1-5,13H. The Labute approximate surface area is 83.0 Å². The first-order valence-corrected chi connectivity index (χ1v) is 4.41. The zero-order chi connectivity index (χ0) is 9.26. The van der Waals surface area contributed by atoms with E-state index in [0.717, 1.165) is 5.69 Å². The van der Waals surface area contributed by atoms with Gasteiger partial charge in [0.25, 0.3) is 0 Å². The Kier molecular flexibility index (Phi) is 2.02. The van der Waals surface area contributed by atoms with Crippen LogP contribution < -0.4 is 0 Å². The van der Waals surface area contributed by atoms with Crippen molar-refractivity contribution in [1.82, 2.24) is 14.8 Å². The van der Waals surface area contributed by atoms with Crippen molar-refractivity contribution >= 4 is 15.9 Å². The van der Waals surface area contributed by atoms with Gasteiger partial charge in [0.1, 0.15) is 12.1 Å². The maximum Gasteiger partial charge on any atom is 0.217 e. The van der Waals surface area contributed by atoms with Gasteiger partial charge in [0.2, 0.25) is 4.73 Å². The number of aromatic hydroxyl groups is 1. The van der Waals surface area contributed by atoms with Crippen molar-refractivity contribution in [3.8, 4) is 11.4 Å². The number of halogens is 1. The van der Waals surface area contributed by atoms with Gasteiger partial charge in [-0.1, -0.05) is 0 Å². The third kappa shape index (κ3) is 1.70. The SMILES string of the molecule is Oc1ccc(-n2cnc(Br)n2)cc1. The fraction of sp³-hybridized carbons (Fsp3) is 0. The Morgan fingerprint density at radius 1 is 1.23 bits per heavy atom. The molecular weight excluding hydrogens is 234 g/mol. The van der Waals surface area contributed by atoms with Gasteiger partial charge in [-0.25, -0.2) is 9.67 Å². The lowest BCUT2D eigenvalue weighted by atomic mass is 10.3. The van der Waals surface area contributed by atoms with Crippen molar-refractivity contribution in [3.05, 3.63) is 35.3 Å². The predicted octanol–water partition coefficient (Wildman–Crippen LogP) is 1.74. The molecule has 1 heterocycles. The van der Waals surface area contributed by atoms with Crippen LogP contribution in [0.5, 0.6) is 5.75 Å². The minimum Gasteiger partial charge on any atom is -0.508 e.